The van der Waals surface area contributed by atoms with Crippen LogP contribution in [-0.2, 0) is 0 Å². The summed E-state index contributed by atoms with van der Waals surface area (Å²) in [6.45, 7) is 11.5. The lowest BCUT2D eigenvalue weighted by atomic mass is 9.92. The van der Waals surface area contributed by atoms with Crippen molar-refractivity contribution >= 4 is 5.82 Å². The molecule has 0 atom stereocenters. The fourth-order valence-corrected chi connectivity index (χ4v) is 1.31. The molecule has 17 heavy (non-hydrogen) atoms. The van der Waals surface area contributed by atoms with Crippen LogP contribution in [-0.4, -0.2) is 22.6 Å². The Morgan fingerprint density at radius 1 is 1.29 bits per heavy atom. The lowest BCUT2D eigenvalue weighted by molar-refractivity contribution is 0.232. The second-order valence-electron chi connectivity index (χ2n) is 5.65. The highest BCUT2D eigenvalue weighted by Gasteiger charge is 2.09. The van der Waals surface area contributed by atoms with Gasteiger partial charge in [0.2, 0.25) is 5.88 Å². The highest BCUT2D eigenvalue weighted by molar-refractivity contribution is 5.36. The topological polar surface area (TPSA) is 47.0 Å². The summed E-state index contributed by atoms with van der Waals surface area (Å²) in [4.78, 5) is 8.23. The van der Waals surface area contributed by atoms with E-state index in [0.717, 1.165) is 18.8 Å². The molecule has 0 saturated heterocycles. The van der Waals surface area contributed by atoms with E-state index in [1.807, 2.05) is 19.9 Å². The van der Waals surface area contributed by atoms with Gasteiger partial charge in [0.25, 0.3) is 0 Å². The number of rotatable bonds is 5. The molecule has 0 unspecified atom stereocenters. The van der Waals surface area contributed by atoms with E-state index in [1.54, 1.807) is 0 Å². The first-order valence-electron chi connectivity index (χ1n) is 6.09. The number of hydrogen-bond donors (Lipinski definition) is 1. The molecule has 1 aromatic heterocycles. The van der Waals surface area contributed by atoms with Crippen LogP contribution in [0.4, 0.5) is 5.82 Å². The summed E-state index contributed by atoms with van der Waals surface area (Å²) < 4.78 is 5.51. The minimum Gasteiger partial charge on any atom is -0.475 e. The molecule has 0 aliphatic rings. The van der Waals surface area contributed by atoms with Gasteiger partial charge in [0, 0.05) is 12.6 Å². The Bertz CT molecular complexity index is 345. The summed E-state index contributed by atoms with van der Waals surface area (Å²) in [7, 11) is 0. The van der Waals surface area contributed by atoms with Gasteiger partial charge in [0.1, 0.15) is 12.1 Å². The van der Waals surface area contributed by atoms with Crippen molar-refractivity contribution in [1.82, 2.24) is 9.97 Å². The average molecular weight is 237 g/mol. The van der Waals surface area contributed by atoms with Gasteiger partial charge < -0.3 is 10.1 Å². The van der Waals surface area contributed by atoms with E-state index in [0.29, 0.717) is 11.3 Å². The molecule has 96 valence electrons. The van der Waals surface area contributed by atoms with Crippen molar-refractivity contribution in [1.29, 1.82) is 0 Å². The predicted octanol–water partition coefficient (Wildman–Crippen LogP) is 3.11. The maximum atomic E-state index is 5.51. The Labute approximate surface area is 104 Å². The van der Waals surface area contributed by atoms with Crippen molar-refractivity contribution in [3.05, 3.63) is 12.4 Å². The molecule has 0 amide bonds. The Hall–Kier alpha value is -1.32. The van der Waals surface area contributed by atoms with Gasteiger partial charge in [-0.1, -0.05) is 20.8 Å². The summed E-state index contributed by atoms with van der Waals surface area (Å²) in [5, 5.41) is 3.28. The van der Waals surface area contributed by atoms with Gasteiger partial charge in [-0.05, 0) is 25.7 Å². The van der Waals surface area contributed by atoms with E-state index in [2.05, 4.69) is 36.1 Å². The zero-order chi connectivity index (χ0) is 12.9. The minimum absolute atomic E-state index is 0.132. The van der Waals surface area contributed by atoms with Crippen LogP contribution in [0, 0.1) is 5.41 Å². The fourth-order valence-electron chi connectivity index (χ4n) is 1.31. The Kier molecular flexibility index (Phi) is 4.73. The third-order valence-corrected chi connectivity index (χ3v) is 2.18. The highest BCUT2D eigenvalue weighted by Crippen LogP contribution is 2.19. The Morgan fingerprint density at radius 3 is 2.59 bits per heavy atom. The van der Waals surface area contributed by atoms with E-state index < -0.39 is 0 Å². The molecular weight excluding hydrogens is 214 g/mol. The SMILES string of the molecule is CC(C)Oc1cc(NCCC(C)(C)C)ncn1. The first kappa shape index (κ1) is 13.7. The number of anilines is 1. The highest BCUT2D eigenvalue weighted by atomic mass is 16.5. The standard InChI is InChI=1S/C13H23N3O/c1-10(2)17-12-8-11(15-9-16-12)14-7-6-13(3,4)5/h8-10H,6-7H2,1-5H3,(H,14,15,16). The molecule has 4 heteroatoms. The lowest BCUT2D eigenvalue weighted by Crippen LogP contribution is -2.14. The quantitative estimate of drug-likeness (QED) is 0.854. The van der Waals surface area contributed by atoms with E-state index in [1.165, 1.54) is 6.33 Å². The molecule has 1 heterocycles. The van der Waals surface area contributed by atoms with Crippen LogP contribution in [0.2, 0.25) is 0 Å². The van der Waals surface area contributed by atoms with Crippen LogP contribution in [0.15, 0.2) is 12.4 Å². The van der Waals surface area contributed by atoms with Crippen LogP contribution in [0.25, 0.3) is 0 Å². The predicted molar refractivity (Wildman–Crippen MR) is 70.4 cm³/mol. The van der Waals surface area contributed by atoms with Crippen molar-refractivity contribution in [2.75, 3.05) is 11.9 Å². The van der Waals surface area contributed by atoms with Gasteiger partial charge in [-0.15, -0.1) is 0 Å². The first-order valence-corrected chi connectivity index (χ1v) is 6.09. The molecule has 0 radical (unpaired) electrons. The summed E-state index contributed by atoms with van der Waals surface area (Å²) in [6.07, 6.45) is 2.75. The van der Waals surface area contributed by atoms with Gasteiger partial charge in [0.05, 0.1) is 6.10 Å². The molecule has 0 aliphatic carbocycles. The monoisotopic (exact) mass is 237 g/mol. The maximum Gasteiger partial charge on any atom is 0.218 e. The van der Waals surface area contributed by atoms with Gasteiger partial charge in [-0.3, -0.25) is 0 Å². The molecule has 4 nitrogen and oxygen atoms in total. The molecule has 0 fully saturated rings. The molecule has 0 spiro atoms. The average Bonchev–Trinajstić information content (AvgIpc) is 2.15. The third-order valence-electron chi connectivity index (χ3n) is 2.18. The van der Waals surface area contributed by atoms with Crippen LogP contribution in [0.5, 0.6) is 5.88 Å². The van der Waals surface area contributed by atoms with Gasteiger partial charge in [-0.2, -0.15) is 0 Å². The number of hydrogen-bond acceptors (Lipinski definition) is 4. The van der Waals surface area contributed by atoms with Crippen molar-refractivity contribution in [3.8, 4) is 5.88 Å². The van der Waals surface area contributed by atoms with Gasteiger partial charge in [0.15, 0.2) is 0 Å². The smallest absolute Gasteiger partial charge is 0.218 e. The number of nitrogens with zero attached hydrogens (tertiary/aromatic N) is 2. The molecule has 1 N–H and O–H groups in total. The summed E-state index contributed by atoms with van der Waals surface area (Å²) in [5.41, 5.74) is 0.331. The van der Waals surface area contributed by atoms with E-state index in [4.69, 9.17) is 4.74 Å². The van der Waals surface area contributed by atoms with Gasteiger partial charge >= 0.3 is 0 Å². The molecule has 0 aromatic carbocycles. The first-order chi connectivity index (χ1) is 7.87. The van der Waals surface area contributed by atoms with Crippen molar-refractivity contribution in [2.24, 2.45) is 5.41 Å². The number of ether oxygens (including phenoxy) is 1. The van der Waals surface area contributed by atoms with Crippen molar-refractivity contribution < 1.29 is 4.74 Å². The summed E-state index contributed by atoms with van der Waals surface area (Å²) >= 11 is 0. The van der Waals surface area contributed by atoms with E-state index in [-0.39, 0.29) is 6.10 Å². The van der Waals surface area contributed by atoms with Crippen molar-refractivity contribution in [2.45, 2.75) is 47.1 Å². The van der Waals surface area contributed by atoms with Crippen LogP contribution in [0.3, 0.4) is 0 Å². The Balaban J connectivity index is 2.48. The van der Waals surface area contributed by atoms with Crippen LogP contribution < -0.4 is 10.1 Å². The second kappa shape index (κ2) is 5.84. The van der Waals surface area contributed by atoms with Crippen LogP contribution >= 0.6 is 0 Å². The maximum absolute atomic E-state index is 5.51. The Morgan fingerprint density at radius 2 is 2.00 bits per heavy atom. The van der Waals surface area contributed by atoms with Gasteiger partial charge in [-0.25, -0.2) is 9.97 Å². The van der Waals surface area contributed by atoms with E-state index in [9.17, 15) is 0 Å². The minimum atomic E-state index is 0.132. The molecule has 0 aliphatic heterocycles. The second-order valence-corrected chi connectivity index (χ2v) is 5.65. The molecular formula is C13H23N3O. The molecule has 1 aromatic rings. The van der Waals surface area contributed by atoms with Crippen molar-refractivity contribution in [3.63, 3.8) is 0 Å². The fraction of sp³-hybridized carbons (Fsp3) is 0.692. The normalized spacial score (nSPS) is 11.6. The molecule has 1 rings (SSSR count). The molecule has 0 bridgehead atoms. The molecule has 0 saturated carbocycles. The lowest BCUT2D eigenvalue weighted by Gasteiger charge is -2.18. The largest absolute Gasteiger partial charge is 0.475 e. The summed E-state index contributed by atoms with van der Waals surface area (Å²) in [6, 6.07) is 1.84. The number of aromatic nitrogens is 2. The summed E-state index contributed by atoms with van der Waals surface area (Å²) in [5.74, 6) is 1.44. The number of nitrogens with one attached hydrogen (secondary N) is 1. The van der Waals surface area contributed by atoms with E-state index >= 15 is 0 Å². The van der Waals surface area contributed by atoms with Crippen LogP contribution in [0.1, 0.15) is 41.0 Å². The zero-order valence-electron chi connectivity index (χ0n) is 11.4. The zero-order valence-corrected chi connectivity index (χ0v) is 11.4. The third kappa shape index (κ3) is 6.09.